The van der Waals surface area contributed by atoms with Crippen LogP contribution in [0.5, 0.6) is 0 Å². The van der Waals surface area contributed by atoms with E-state index in [0.717, 1.165) is 16.7 Å². The average Bonchev–Trinajstić information content (AvgIpc) is 2.22. The van der Waals surface area contributed by atoms with Crippen LogP contribution >= 0.6 is 0 Å². The summed E-state index contributed by atoms with van der Waals surface area (Å²) >= 11 is 0. The van der Waals surface area contributed by atoms with Crippen molar-refractivity contribution in [3.05, 3.63) is 34.4 Å². The number of rotatable bonds is 3. The Balaban J connectivity index is 3.25. The monoisotopic (exact) mass is 220 g/mol. The van der Waals surface area contributed by atoms with E-state index in [-0.39, 0.29) is 5.78 Å². The molecule has 1 rings (SSSR count). The van der Waals surface area contributed by atoms with E-state index in [1.165, 1.54) is 5.56 Å². The minimum Gasteiger partial charge on any atom is -0.371 e. The third kappa shape index (κ3) is 2.33. The van der Waals surface area contributed by atoms with E-state index < -0.39 is 5.60 Å². The lowest BCUT2D eigenvalue weighted by Crippen LogP contribution is -2.34. The predicted molar refractivity (Wildman–Crippen MR) is 66.1 cm³/mol. The number of ether oxygens (including phenoxy) is 1. The van der Waals surface area contributed by atoms with Crippen LogP contribution in [0.2, 0.25) is 0 Å². The third-order valence-corrected chi connectivity index (χ3v) is 3.14. The van der Waals surface area contributed by atoms with Crippen molar-refractivity contribution < 1.29 is 9.53 Å². The molecule has 0 heterocycles. The van der Waals surface area contributed by atoms with Gasteiger partial charge < -0.3 is 4.74 Å². The quantitative estimate of drug-likeness (QED) is 0.731. The van der Waals surface area contributed by atoms with Crippen LogP contribution in [-0.4, -0.2) is 18.5 Å². The summed E-state index contributed by atoms with van der Waals surface area (Å²) in [6, 6.07) is 4.00. The van der Waals surface area contributed by atoms with Gasteiger partial charge in [-0.25, -0.2) is 0 Å². The van der Waals surface area contributed by atoms with E-state index in [0.29, 0.717) is 0 Å². The predicted octanol–water partition coefficient (Wildman–Crippen LogP) is 3.22. The maximum Gasteiger partial charge on any atom is 0.194 e. The first-order chi connectivity index (χ1) is 7.29. The fourth-order valence-corrected chi connectivity index (χ4v) is 1.62. The van der Waals surface area contributed by atoms with Gasteiger partial charge >= 0.3 is 0 Å². The molecule has 88 valence electrons. The number of ketones is 1. The van der Waals surface area contributed by atoms with E-state index in [1.54, 1.807) is 21.0 Å². The van der Waals surface area contributed by atoms with Gasteiger partial charge in [-0.3, -0.25) is 4.79 Å². The maximum absolute atomic E-state index is 12.3. The standard InChI is InChI=1S/C14H20O2/c1-9-7-11(3)12(8-10(9)2)13(15)14(4,5)16-6/h7-8H,1-6H3. The summed E-state index contributed by atoms with van der Waals surface area (Å²) in [4.78, 5) is 12.3. The van der Waals surface area contributed by atoms with Gasteiger partial charge in [0.2, 0.25) is 0 Å². The Kier molecular flexibility index (Phi) is 3.54. The lowest BCUT2D eigenvalue weighted by atomic mass is 9.91. The summed E-state index contributed by atoms with van der Waals surface area (Å²) in [5.41, 5.74) is 3.37. The van der Waals surface area contributed by atoms with Gasteiger partial charge in [0.15, 0.2) is 5.78 Å². The van der Waals surface area contributed by atoms with Gasteiger partial charge in [0.05, 0.1) is 0 Å². The molecule has 16 heavy (non-hydrogen) atoms. The summed E-state index contributed by atoms with van der Waals surface area (Å²) in [7, 11) is 1.56. The molecule has 0 aliphatic heterocycles. The number of hydrogen-bond donors (Lipinski definition) is 0. The SMILES string of the molecule is COC(C)(C)C(=O)c1cc(C)c(C)cc1C. The van der Waals surface area contributed by atoms with Gasteiger partial charge in [0.25, 0.3) is 0 Å². The van der Waals surface area contributed by atoms with Crippen LogP contribution in [0.3, 0.4) is 0 Å². The Morgan fingerprint density at radius 2 is 1.56 bits per heavy atom. The molecule has 0 spiro atoms. The molecule has 2 heteroatoms. The number of methoxy groups -OCH3 is 1. The Morgan fingerprint density at radius 3 is 2.06 bits per heavy atom. The van der Waals surface area contributed by atoms with Crippen molar-refractivity contribution in [3.63, 3.8) is 0 Å². The minimum atomic E-state index is -0.757. The molecule has 0 radical (unpaired) electrons. The first kappa shape index (κ1) is 12.9. The fourth-order valence-electron chi connectivity index (χ4n) is 1.62. The molecule has 0 saturated heterocycles. The van der Waals surface area contributed by atoms with Crippen LogP contribution in [0.25, 0.3) is 0 Å². The Labute approximate surface area is 97.6 Å². The van der Waals surface area contributed by atoms with E-state index >= 15 is 0 Å². The highest BCUT2D eigenvalue weighted by molar-refractivity contribution is 6.03. The molecule has 0 N–H and O–H groups in total. The summed E-state index contributed by atoms with van der Waals surface area (Å²) in [5, 5.41) is 0. The maximum atomic E-state index is 12.3. The largest absolute Gasteiger partial charge is 0.371 e. The molecule has 0 unspecified atom stereocenters. The molecule has 0 bridgehead atoms. The number of carbonyl (C=O) groups is 1. The molecular weight excluding hydrogens is 200 g/mol. The second-order valence-electron chi connectivity index (χ2n) is 4.79. The van der Waals surface area contributed by atoms with Gasteiger partial charge in [-0.05, 0) is 57.4 Å². The summed E-state index contributed by atoms with van der Waals surface area (Å²) in [5.74, 6) is 0.0376. The molecule has 0 saturated carbocycles. The topological polar surface area (TPSA) is 26.3 Å². The van der Waals surface area contributed by atoms with Crippen LogP contribution < -0.4 is 0 Å². The lowest BCUT2D eigenvalue weighted by molar-refractivity contribution is 0.0227. The minimum absolute atomic E-state index is 0.0376. The van der Waals surface area contributed by atoms with E-state index in [9.17, 15) is 4.79 Å². The highest BCUT2D eigenvalue weighted by Gasteiger charge is 2.29. The van der Waals surface area contributed by atoms with Crippen LogP contribution in [-0.2, 0) is 4.74 Å². The number of hydrogen-bond acceptors (Lipinski definition) is 2. The highest BCUT2D eigenvalue weighted by atomic mass is 16.5. The van der Waals surface area contributed by atoms with Crippen molar-refractivity contribution in [2.24, 2.45) is 0 Å². The molecule has 0 atom stereocenters. The number of aryl methyl sites for hydroxylation is 3. The third-order valence-electron chi connectivity index (χ3n) is 3.14. The highest BCUT2D eigenvalue weighted by Crippen LogP contribution is 2.22. The molecule has 1 aromatic carbocycles. The second kappa shape index (κ2) is 4.38. The first-order valence-corrected chi connectivity index (χ1v) is 5.47. The number of Topliss-reactive ketones (excluding diaryl/α,β-unsaturated/α-hetero) is 1. The molecule has 0 fully saturated rings. The molecular formula is C14H20O2. The van der Waals surface area contributed by atoms with Gasteiger partial charge in [-0.2, -0.15) is 0 Å². The molecule has 1 aromatic rings. The van der Waals surface area contributed by atoms with Crippen molar-refractivity contribution in [2.45, 2.75) is 40.2 Å². The fraction of sp³-hybridized carbons (Fsp3) is 0.500. The molecule has 0 amide bonds. The lowest BCUT2D eigenvalue weighted by Gasteiger charge is -2.22. The average molecular weight is 220 g/mol. The summed E-state index contributed by atoms with van der Waals surface area (Å²) in [6.07, 6.45) is 0. The van der Waals surface area contributed by atoms with Crippen molar-refractivity contribution in [1.29, 1.82) is 0 Å². The van der Waals surface area contributed by atoms with Crippen LogP contribution in [0.15, 0.2) is 12.1 Å². The molecule has 0 aliphatic rings. The Bertz CT molecular complexity index is 417. The van der Waals surface area contributed by atoms with Crippen LogP contribution in [0.1, 0.15) is 40.9 Å². The number of carbonyl (C=O) groups excluding carboxylic acids is 1. The normalized spacial score (nSPS) is 11.6. The van der Waals surface area contributed by atoms with Gasteiger partial charge in [-0.1, -0.05) is 6.07 Å². The van der Waals surface area contributed by atoms with Crippen LogP contribution in [0.4, 0.5) is 0 Å². The van der Waals surface area contributed by atoms with E-state index in [1.807, 2.05) is 26.0 Å². The smallest absolute Gasteiger partial charge is 0.194 e. The van der Waals surface area contributed by atoms with Gasteiger partial charge in [0, 0.05) is 12.7 Å². The van der Waals surface area contributed by atoms with Crippen molar-refractivity contribution in [2.75, 3.05) is 7.11 Å². The molecule has 2 nitrogen and oxygen atoms in total. The second-order valence-corrected chi connectivity index (χ2v) is 4.79. The van der Waals surface area contributed by atoms with Gasteiger partial charge in [-0.15, -0.1) is 0 Å². The van der Waals surface area contributed by atoms with Crippen molar-refractivity contribution in [3.8, 4) is 0 Å². The first-order valence-electron chi connectivity index (χ1n) is 5.47. The molecule has 0 aliphatic carbocycles. The van der Waals surface area contributed by atoms with Gasteiger partial charge in [0.1, 0.15) is 5.60 Å². The summed E-state index contributed by atoms with van der Waals surface area (Å²) < 4.78 is 5.23. The van der Waals surface area contributed by atoms with Crippen molar-refractivity contribution >= 4 is 5.78 Å². The zero-order valence-electron chi connectivity index (χ0n) is 11.0. The van der Waals surface area contributed by atoms with Crippen molar-refractivity contribution in [1.82, 2.24) is 0 Å². The Hall–Kier alpha value is -1.15. The van der Waals surface area contributed by atoms with E-state index in [4.69, 9.17) is 4.74 Å². The zero-order chi connectivity index (χ0) is 12.5. The zero-order valence-corrected chi connectivity index (χ0v) is 11.0. The number of benzene rings is 1. The van der Waals surface area contributed by atoms with Crippen LogP contribution in [0, 0.1) is 20.8 Å². The Morgan fingerprint density at radius 1 is 1.06 bits per heavy atom. The van der Waals surface area contributed by atoms with E-state index in [2.05, 4.69) is 6.92 Å². The summed E-state index contributed by atoms with van der Waals surface area (Å²) in [6.45, 7) is 9.63. The molecule has 0 aromatic heterocycles.